The second-order valence-electron chi connectivity index (χ2n) is 12.5. The van der Waals surface area contributed by atoms with E-state index in [9.17, 15) is 9.90 Å². The van der Waals surface area contributed by atoms with Gasteiger partial charge in [-0.1, -0.05) is 89.7 Å². The van der Waals surface area contributed by atoms with Crippen LogP contribution in [-0.2, 0) is 30.3 Å². The number of benzene rings is 3. The van der Waals surface area contributed by atoms with E-state index in [1.54, 1.807) is 0 Å². The van der Waals surface area contributed by atoms with Crippen LogP contribution in [0.3, 0.4) is 0 Å². The Balaban J connectivity index is 0.000000347. The van der Waals surface area contributed by atoms with E-state index in [4.69, 9.17) is 0 Å². The minimum Gasteiger partial charge on any atom is -0.512 e. The third kappa shape index (κ3) is 6.75. The van der Waals surface area contributed by atoms with Gasteiger partial charge in [-0.05, 0) is 40.8 Å². The standard InChI is InChI=1S/C28H26NS.C9H16O2.Ir/c1-17-11-12-21-22-13-14-29(6)26(27(22)30-25(21)15-17)23-16-24(28(3,4)5)20-10-8-7-9-19(20)18(23)2;1-6(2)8(10)5-9(11)7(3)4;/h7-16H,2,6H2,1,3-5H3;5-7,10H,1-4H3;/q-1;;/b;8-5-;. The average molecular weight is 757 g/mol. The topological polar surface area (TPSA) is 41.2 Å². The number of aromatic nitrogens is 1. The zero-order chi connectivity index (χ0) is 30.2. The summed E-state index contributed by atoms with van der Waals surface area (Å²) in [6.07, 6.45) is 3.39. The van der Waals surface area contributed by atoms with Crippen molar-refractivity contribution in [3.05, 3.63) is 103 Å². The first kappa shape index (κ1) is 33.4. The molecular weight excluding hydrogens is 715 g/mol. The molecule has 5 rings (SSSR count). The number of aryl methyl sites for hydroxylation is 1. The average Bonchev–Trinajstić information content (AvgIpc) is 3.26. The molecule has 0 atom stereocenters. The summed E-state index contributed by atoms with van der Waals surface area (Å²) in [6.45, 7) is 20.8. The second-order valence-corrected chi connectivity index (χ2v) is 13.6. The van der Waals surface area contributed by atoms with Crippen LogP contribution in [0, 0.1) is 32.7 Å². The van der Waals surface area contributed by atoms with Crippen molar-refractivity contribution in [3.8, 4) is 11.3 Å². The number of hydrogen-bond acceptors (Lipinski definition) is 3. The molecule has 1 radical (unpaired) electrons. The smallest absolute Gasteiger partial charge is 0.161 e. The van der Waals surface area contributed by atoms with Crippen molar-refractivity contribution in [2.24, 2.45) is 11.8 Å². The first-order valence-corrected chi connectivity index (χ1v) is 15.0. The SMILES string of the molecule is CC(C)C(=O)/C=C(\O)C(C)C.[CH2-]c1c(-c2c3sc4cc(C)ccc4c3cc[n+]2[CH2-])cc(C(C)(C)C)c2ccccc12.[Ir]. The normalized spacial score (nSPS) is 12.1. The van der Waals surface area contributed by atoms with Gasteiger partial charge in [0.25, 0.3) is 0 Å². The molecule has 0 fully saturated rings. The Morgan fingerprint density at radius 1 is 0.929 bits per heavy atom. The molecule has 223 valence electrons. The van der Waals surface area contributed by atoms with Crippen molar-refractivity contribution in [1.29, 1.82) is 0 Å². The molecule has 0 saturated heterocycles. The number of fused-ring (bicyclic) bond motifs is 4. The molecule has 2 heterocycles. The van der Waals surface area contributed by atoms with Crippen LogP contribution in [0.1, 0.15) is 65.2 Å². The van der Waals surface area contributed by atoms with Crippen LogP contribution in [0.4, 0.5) is 0 Å². The van der Waals surface area contributed by atoms with Crippen molar-refractivity contribution in [2.45, 2.75) is 60.8 Å². The van der Waals surface area contributed by atoms with Gasteiger partial charge in [-0.2, -0.15) is 12.5 Å². The number of carbonyl (C=O) groups excluding carboxylic acids is 1. The first-order chi connectivity index (χ1) is 19.2. The maximum Gasteiger partial charge on any atom is 0.161 e. The number of aliphatic hydroxyl groups is 1. The predicted molar refractivity (Wildman–Crippen MR) is 177 cm³/mol. The van der Waals surface area contributed by atoms with E-state index in [0.29, 0.717) is 0 Å². The molecule has 0 bridgehead atoms. The number of rotatable bonds is 4. The minimum absolute atomic E-state index is 0. The summed E-state index contributed by atoms with van der Waals surface area (Å²) in [5.41, 5.74) is 6.04. The number of allylic oxidation sites excluding steroid dienone is 2. The predicted octanol–water partition coefficient (Wildman–Crippen LogP) is 9.90. The van der Waals surface area contributed by atoms with Gasteiger partial charge in [0, 0.05) is 54.5 Å². The van der Waals surface area contributed by atoms with Crippen LogP contribution in [0.5, 0.6) is 0 Å². The fraction of sp³-hybridized carbons (Fsp3) is 0.297. The Labute approximate surface area is 268 Å². The molecule has 5 aromatic rings. The summed E-state index contributed by atoms with van der Waals surface area (Å²) in [7, 11) is 4.34. The monoisotopic (exact) mass is 757 g/mol. The van der Waals surface area contributed by atoms with E-state index in [2.05, 4.69) is 102 Å². The third-order valence-corrected chi connectivity index (χ3v) is 8.65. The van der Waals surface area contributed by atoms with Gasteiger partial charge in [0.1, 0.15) is 0 Å². The summed E-state index contributed by atoms with van der Waals surface area (Å²) in [6, 6.07) is 19.9. The van der Waals surface area contributed by atoms with E-state index >= 15 is 0 Å². The Morgan fingerprint density at radius 2 is 1.57 bits per heavy atom. The maximum absolute atomic E-state index is 11.0. The van der Waals surface area contributed by atoms with Crippen LogP contribution >= 0.6 is 11.3 Å². The largest absolute Gasteiger partial charge is 0.512 e. The van der Waals surface area contributed by atoms with E-state index in [0.717, 1.165) is 11.3 Å². The van der Waals surface area contributed by atoms with Crippen molar-refractivity contribution in [2.75, 3.05) is 0 Å². The molecule has 0 aliphatic heterocycles. The number of pyridine rings is 1. The van der Waals surface area contributed by atoms with Gasteiger partial charge in [0.2, 0.25) is 0 Å². The van der Waals surface area contributed by atoms with Crippen molar-refractivity contribution >= 4 is 48.1 Å². The van der Waals surface area contributed by atoms with Gasteiger partial charge in [-0.15, -0.1) is 34.4 Å². The number of aliphatic hydroxyl groups excluding tert-OH is 1. The molecule has 5 heteroatoms. The number of ketones is 1. The van der Waals surface area contributed by atoms with Crippen molar-refractivity contribution in [3.63, 3.8) is 0 Å². The fourth-order valence-electron chi connectivity index (χ4n) is 4.96. The van der Waals surface area contributed by atoms with Crippen LogP contribution < -0.4 is 4.57 Å². The molecule has 0 amide bonds. The molecular formula is C37H42IrNO2S-. The first-order valence-electron chi connectivity index (χ1n) is 14.2. The summed E-state index contributed by atoms with van der Waals surface area (Å²) < 4.78 is 4.60. The molecule has 0 unspecified atom stereocenters. The summed E-state index contributed by atoms with van der Waals surface area (Å²) >= 11 is 1.85. The van der Waals surface area contributed by atoms with Crippen LogP contribution in [-0.4, -0.2) is 10.9 Å². The van der Waals surface area contributed by atoms with Gasteiger partial charge in [0.05, 0.1) is 17.6 Å². The van der Waals surface area contributed by atoms with Gasteiger partial charge in [0.15, 0.2) is 5.78 Å². The van der Waals surface area contributed by atoms with Crippen molar-refractivity contribution in [1.82, 2.24) is 0 Å². The second kappa shape index (κ2) is 13.0. The minimum atomic E-state index is -0.0316. The van der Waals surface area contributed by atoms with Gasteiger partial charge in [-0.3, -0.25) is 4.79 Å². The number of thiophene rings is 1. The van der Waals surface area contributed by atoms with Gasteiger partial charge in [-0.25, -0.2) is 0 Å². The molecule has 42 heavy (non-hydrogen) atoms. The molecule has 1 N–H and O–H groups in total. The zero-order valence-corrected chi connectivity index (χ0v) is 29.2. The fourth-order valence-corrected chi connectivity index (χ4v) is 6.32. The van der Waals surface area contributed by atoms with Crippen LogP contribution in [0.25, 0.3) is 42.2 Å². The summed E-state index contributed by atoms with van der Waals surface area (Å²) in [5.74, 6) is 0.161. The quantitative estimate of drug-likeness (QED) is 0.0859. The molecule has 3 nitrogen and oxygen atoms in total. The Morgan fingerprint density at radius 3 is 2.17 bits per heavy atom. The maximum atomic E-state index is 11.0. The van der Waals surface area contributed by atoms with E-state index in [1.165, 1.54) is 53.7 Å². The zero-order valence-electron chi connectivity index (χ0n) is 26.0. The van der Waals surface area contributed by atoms with Gasteiger partial charge >= 0.3 is 0 Å². The number of carbonyl (C=O) groups is 1. The molecule has 0 saturated carbocycles. The summed E-state index contributed by atoms with van der Waals surface area (Å²) in [5, 5.41) is 14.3. The number of hydrogen-bond donors (Lipinski definition) is 1. The molecule has 3 aromatic carbocycles. The Hall–Kier alpha value is -3.11. The van der Waals surface area contributed by atoms with E-state index in [-0.39, 0.29) is 48.9 Å². The molecule has 0 aliphatic carbocycles. The van der Waals surface area contributed by atoms with Crippen LogP contribution in [0.2, 0.25) is 0 Å². The van der Waals surface area contributed by atoms with Crippen molar-refractivity contribution < 1.29 is 34.6 Å². The molecule has 0 spiro atoms. The Bertz CT molecular complexity index is 1790. The molecule has 2 aromatic heterocycles. The Kier molecular flexibility index (Phi) is 10.4. The van der Waals surface area contributed by atoms with Crippen LogP contribution in [0.15, 0.2) is 72.6 Å². The summed E-state index contributed by atoms with van der Waals surface area (Å²) in [4.78, 5) is 11.0. The van der Waals surface area contributed by atoms with E-state index < -0.39 is 0 Å². The van der Waals surface area contributed by atoms with E-state index in [1.807, 2.05) is 43.6 Å². The number of nitrogens with zero attached hydrogens (tertiary/aromatic N) is 1. The third-order valence-electron chi connectivity index (χ3n) is 7.48. The van der Waals surface area contributed by atoms with Gasteiger partial charge < -0.3 is 9.67 Å². The molecule has 0 aliphatic rings.